The Hall–Kier alpha value is -2.25. The van der Waals surface area contributed by atoms with E-state index < -0.39 is 0 Å². The van der Waals surface area contributed by atoms with Crippen LogP contribution in [-0.4, -0.2) is 10.4 Å². The quantitative estimate of drug-likeness (QED) is 0.264. The molecule has 0 radical (unpaired) electrons. The van der Waals surface area contributed by atoms with E-state index in [0.29, 0.717) is 5.69 Å². The third-order valence-corrected chi connectivity index (χ3v) is 3.98. The summed E-state index contributed by atoms with van der Waals surface area (Å²) in [6, 6.07) is 17.1. The van der Waals surface area contributed by atoms with Gasteiger partial charge in [0, 0.05) is 10.6 Å². The van der Waals surface area contributed by atoms with Crippen LogP contribution in [0.3, 0.4) is 0 Å². The molecular formula is C17H15NO4S. The molecule has 0 heterocycles. The fourth-order valence-corrected chi connectivity index (χ4v) is 2.72. The van der Waals surface area contributed by atoms with Crippen LogP contribution in [0.15, 0.2) is 59.5 Å². The van der Waals surface area contributed by atoms with Gasteiger partial charge in [-0.2, -0.15) is 0 Å². The molecular weight excluding hydrogens is 314 g/mol. The predicted octanol–water partition coefficient (Wildman–Crippen LogP) is 5.03. The number of aromatic hydroxyl groups is 1. The molecule has 0 atom stereocenters. The Kier molecular flexibility index (Phi) is 4.68. The van der Waals surface area contributed by atoms with E-state index in [9.17, 15) is 5.11 Å². The zero-order valence-electron chi connectivity index (χ0n) is 12.3. The van der Waals surface area contributed by atoms with Gasteiger partial charge in [-0.05, 0) is 59.7 Å². The van der Waals surface area contributed by atoms with Crippen molar-refractivity contribution in [2.75, 3.05) is 5.32 Å². The first-order valence-electron chi connectivity index (χ1n) is 6.91. The highest BCUT2D eigenvalue weighted by atomic mass is 32.2. The first-order chi connectivity index (χ1) is 11.2. The van der Waals surface area contributed by atoms with Crippen molar-refractivity contribution in [2.24, 2.45) is 0 Å². The Morgan fingerprint density at radius 3 is 2.61 bits per heavy atom. The van der Waals surface area contributed by atoms with Crippen LogP contribution in [0.25, 0.3) is 10.8 Å². The number of hydrogen-bond acceptors (Lipinski definition) is 6. The van der Waals surface area contributed by atoms with E-state index in [0.717, 1.165) is 39.0 Å². The van der Waals surface area contributed by atoms with Crippen molar-refractivity contribution in [3.63, 3.8) is 0 Å². The molecule has 5 nitrogen and oxygen atoms in total. The van der Waals surface area contributed by atoms with Gasteiger partial charge in [0.15, 0.2) is 0 Å². The lowest BCUT2D eigenvalue weighted by Crippen LogP contribution is -1.91. The summed E-state index contributed by atoms with van der Waals surface area (Å²) < 4.78 is 4.45. The lowest BCUT2D eigenvalue weighted by molar-refractivity contribution is -0.432. The van der Waals surface area contributed by atoms with E-state index in [1.807, 2.05) is 55.5 Å². The van der Waals surface area contributed by atoms with Crippen molar-refractivity contribution < 1.29 is 19.7 Å². The molecule has 0 saturated carbocycles. The first-order valence-corrected chi connectivity index (χ1v) is 7.65. The highest BCUT2D eigenvalue weighted by Crippen LogP contribution is 2.30. The van der Waals surface area contributed by atoms with Gasteiger partial charge in [0.05, 0.1) is 17.7 Å². The van der Waals surface area contributed by atoms with Crippen molar-refractivity contribution in [1.82, 2.24) is 0 Å². The van der Waals surface area contributed by atoms with Crippen LogP contribution in [0.4, 0.5) is 11.4 Å². The van der Waals surface area contributed by atoms with Gasteiger partial charge < -0.3 is 10.4 Å². The minimum absolute atomic E-state index is 0.202. The molecule has 0 aliphatic heterocycles. The second kappa shape index (κ2) is 6.89. The molecule has 0 spiro atoms. The summed E-state index contributed by atoms with van der Waals surface area (Å²) in [6.07, 6.45) is 0. The lowest BCUT2D eigenvalue weighted by Gasteiger charge is -2.10. The maximum absolute atomic E-state index is 9.93. The Labute approximate surface area is 137 Å². The summed E-state index contributed by atoms with van der Waals surface area (Å²) in [5.41, 5.74) is 2.58. The van der Waals surface area contributed by atoms with Crippen LogP contribution in [-0.2, 0) is 9.37 Å². The largest absolute Gasteiger partial charge is 0.506 e. The molecule has 0 aliphatic carbocycles. The second-order valence-electron chi connectivity index (χ2n) is 5.10. The van der Waals surface area contributed by atoms with Crippen LogP contribution in [0.5, 0.6) is 5.75 Å². The van der Waals surface area contributed by atoms with Gasteiger partial charge >= 0.3 is 0 Å². The minimum atomic E-state index is 0.202. The van der Waals surface area contributed by atoms with Crippen LogP contribution < -0.4 is 5.32 Å². The van der Waals surface area contributed by atoms with Crippen LogP contribution in [0, 0.1) is 6.92 Å². The molecule has 0 amide bonds. The SMILES string of the molecule is Cc1ccc(O)c(Nc2ccc3ccc(SOOO)cc3c2)c1. The third-order valence-electron chi connectivity index (χ3n) is 3.40. The Morgan fingerprint density at radius 2 is 1.78 bits per heavy atom. The molecule has 3 N–H and O–H groups in total. The maximum atomic E-state index is 9.93. The van der Waals surface area contributed by atoms with Gasteiger partial charge in [0.2, 0.25) is 0 Å². The van der Waals surface area contributed by atoms with Crippen molar-refractivity contribution in [1.29, 1.82) is 0 Å². The van der Waals surface area contributed by atoms with Gasteiger partial charge in [0.1, 0.15) is 5.75 Å². The van der Waals surface area contributed by atoms with Gasteiger partial charge in [-0.1, -0.05) is 23.2 Å². The number of aryl methyl sites for hydroxylation is 1. The van der Waals surface area contributed by atoms with Crippen LogP contribution in [0.2, 0.25) is 0 Å². The molecule has 3 rings (SSSR count). The highest BCUT2D eigenvalue weighted by molar-refractivity contribution is 7.94. The number of anilines is 2. The third kappa shape index (κ3) is 3.75. The molecule has 3 aromatic rings. The number of phenols is 1. The fourth-order valence-electron chi connectivity index (χ4n) is 2.31. The highest BCUT2D eigenvalue weighted by Gasteiger charge is 2.04. The van der Waals surface area contributed by atoms with Gasteiger partial charge in [-0.15, -0.1) is 4.33 Å². The van der Waals surface area contributed by atoms with E-state index in [1.54, 1.807) is 6.07 Å². The monoisotopic (exact) mass is 329 g/mol. The second-order valence-corrected chi connectivity index (χ2v) is 5.87. The Bertz CT molecular complexity index is 838. The molecule has 0 bridgehead atoms. The number of hydrogen-bond donors (Lipinski definition) is 3. The lowest BCUT2D eigenvalue weighted by atomic mass is 10.1. The number of benzene rings is 3. The van der Waals surface area contributed by atoms with Gasteiger partial charge in [-0.3, -0.25) is 0 Å². The molecule has 0 fully saturated rings. The average Bonchev–Trinajstić information content (AvgIpc) is 2.56. The molecule has 0 unspecified atom stereocenters. The number of nitrogens with one attached hydrogen (secondary N) is 1. The standard InChI is InChI=1S/C17H15NO4S/c1-11-2-7-17(19)16(8-11)18-14-5-3-12-4-6-15(23-22-21-20)10-13(12)9-14/h2-10,18-20H,1H3. The van der Waals surface area contributed by atoms with E-state index >= 15 is 0 Å². The van der Waals surface area contributed by atoms with Crippen LogP contribution in [0.1, 0.15) is 5.56 Å². The predicted molar refractivity (Wildman–Crippen MR) is 90.7 cm³/mol. The van der Waals surface area contributed by atoms with Crippen molar-refractivity contribution in [2.45, 2.75) is 11.8 Å². The molecule has 0 aromatic heterocycles. The summed E-state index contributed by atoms with van der Waals surface area (Å²) in [5, 5.41) is 27.0. The topological polar surface area (TPSA) is 71.0 Å². The molecule has 6 heteroatoms. The minimum Gasteiger partial charge on any atom is -0.506 e. The number of fused-ring (bicyclic) bond motifs is 1. The zero-order valence-corrected chi connectivity index (χ0v) is 13.1. The smallest absolute Gasteiger partial charge is 0.139 e. The van der Waals surface area contributed by atoms with Crippen molar-refractivity contribution in [3.05, 3.63) is 60.2 Å². The summed E-state index contributed by atoms with van der Waals surface area (Å²) in [6.45, 7) is 1.97. The number of rotatable bonds is 5. The fraction of sp³-hybridized carbons (Fsp3) is 0.0588. The molecule has 3 aromatic carbocycles. The average molecular weight is 329 g/mol. The summed E-state index contributed by atoms with van der Waals surface area (Å²) in [5.74, 6) is 0.202. The summed E-state index contributed by atoms with van der Waals surface area (Å²) in [7, 11) is 0. The molecule has 118 valence electrons. The van der Waals surface area contributed by atoms with Gasteiger partial charge in [-0.25, -0.2) is 5.26 Å². The van der Waals surface area contributed by atoms with E-state index in [-0.39, 0.29) is 5.75 Å². The van der Waals surface area contributed by atoms with E-state index in [1.165, 1.54) is 0 Å². The van der Waals surface area contributed by atoms with Crippen molar-refractivity contribution in [3.8, 4) is 5.75 Å². The zero-order chi connectivity index (χ0) is 16.2. The number of phenolic OH excluding ortho intramolecular Hbond substituents is 1. The summed E-state index contributed by atoms with van der Waals surface area (Å²) in [4.78, 5) is 0.794. The molecule has 23 heavy (non-hydrogen) atoms. The molecule has 0 saturated heterocycles. The summed E-state index contributed by atoms with van der Waals surface area (Å²) >= 11 is 0.917. The Morgan fingerprint density at radius 1 is 0.957 bits per heavy atom. The van der Waals surface area contributed by atoms with E-state index in [4.69, 9.17) is 5.26 Å². The van der Waals surface area contributed by atoms with Crippen molar-refractivity contribution >= 4 is 34.2 Å². The Balaban J connectivity index is 1.90. The van der Waals surface area contributed by atoms with Crippen LogP contribution >= 0.6 is 12.0 Å². The maximum Gasteiger partial charge on any atom is 0.139 e. The normalized spacial score (nSPS) is 10.9. The first kappa shape index (κ1) is 15.6. The molecule has 0 aliphatic rings. The van der Waals surface area contributed by atoms with E-state index in [2.05, 4.69) is 14.7 Å². The van der Waals surface area contributed by atoms with Gasteiger partial charge in [0.25, 0.3) is 0 Å².